The van der Waals surface area contributed by atoms with Crippen molar-refractivity contribution >= 4 is 13.8 Å². The lowest BCUT2D eigenvalue weighted by Crippen LogP contribution is -2.37. The van der Waals surface area contributed by atoms with Crippen LogP contribution >= 0.6 is 7.82 Å². The molecule has 8 nitrogen and oxygen atoms in total. The second-order valence-corrected chi connectivity index (χ2v) is 15.8. The molecule has 0 heterocycles. The molecule has 0 aliphatic rings. The molecule has 0 fully saturated rings. The summed E-state index contributed by atoms with van der Waals surface area (Å²) in [6, 6.07) is 0. The Hall–Kier alpha value is -0.500. The number of unbranched alkanes of at least 4 members (excludes halogenated alkanes) is 22. The van der Waals surface area contributed by atoms with Crippen LogP contribution in [0.25, 0.3) is 0 Å². The fourth-order valence-corrected chi connectivity index (χ4v) is 6.10. The van der Waals surface area contributed by atoms with Crippen molar-refractivity contribution in [2.45, 2.75) is 180 Å². The van der Waals surface area contributed by atoms with Gasteiger partial charge in [0.2, 0.25) is 0 Å². The fourth-order valence-electron chi connectivity index (χ4n) is 5.35. The van der Waals surface area contributed by atoms with Gasteiger partial charge in [0, 0.05) is 13.0 Å². The molecule has 0 aromatic carbocycles. The molecule has 2 unspecified atom stereocenters. The molecular weight excluding hydrogens is 601 g/mol. The topological polar surface area (TPSA) is 91.3 Å². The molecular formula is C37H77NO7P+. The summed E-state index contributed by atoms with van der Waals surface area (Å²) in [5.41, 5.74) is 0. The summed E-state index contributed by atoms with van der Waals surface area (Å²) < 4.78 is 34.3. The number of quaternary nitrogens is 1. The first-order valence-corrected chi connectivity index (χ1v) is 20.8. The van der Waals surface area contributed by atoms with Crippen molar-refractivity contribution in [1.29, 1.82) is 0 Å². The number of phosphoric acid groups is 1. The van der Waals surface area contributed by atoms with Gasteiger partial charge in [0.05, 0.1) is 34.4 Å². The van der Waals surface area contributed by atoms with E-state index in [-0.39, 0.29) is 25.8 Å². The molecule has 0 saturated carbocycles. The monoisotopic (exact) mass is 679 g/mol. The summed E-state index contributed by atoms with van der Waals surface area (Å²) in [7, 11) is 1.67. The minimum atomic E-state index is -4.24. The second kappa shape index (κ2) is 31.7. The number of hydrogen-bond acceptors (Lipinski definition) is 6. The molecule has 1 N–H and O–H groups in total. The lowest BCUT2D eigenvalue weighted by atomic mass is 10.0. The van der Waals surface area contributed by atoms with Gasteiger partial charge < -0.3 is 18.9 Å². The average molecular weight is 679 g/mol. The molecule has 0 aromatic heterocycles. The Morgan fingerprint density at radius 1 is 0.587 bits per heavy atom. The van der Waals surface area contributed by atoms with Crippen molar-refractivity contribution in [3.05, 3.63) is 0 Å². The third kappa shape index (κ3) is 34.8. The van der Waals surface area contributed by atoms with Gasteiger partial charge in [-0.3, -0.25) is 13.8 Å². The summed E-state index contributed by atoms with van der Waals surface area (Å²) in [4.78, 5) is 22.2. The van der Waals surface area contributed by atoms with E-state index in [1.165, 1.54) is 128 Å². The minimum Gasteiger partial charge on any atom is -0.457 e. The number of nitrogens with zero attached hydrogens (tertiary/aromatic N) is 1. The zero-order chi connectivity index (χ0) is 34.2. The van der Waals surface area contributed by atoms with Gasteiger partial charge in [-0.05, 0) is 12.8 Å². The second-order valence-electron chi connectivity index (χ2n) is 14.3. The highest BCUT2D eigenvalue weighted by Gasteiger charge is 2.26. The quantitative estimate of drug-likeness (QED) is 0.0305. The van der Waals surface area contributed by atoms with Crippen molar-refractivity contribution in [2.75, 3.05) is 54.1 Å². The fraction of sp³-hybridized carbons (Fsp3) is 0.973. The summed E-state index contributed by atoms with van der Waals surface area (Å²) in [6.07, 6.45) is 31.1. The number of carbonyl (C=O) groups excluding carboxylic acids is 1. The van der Waals surface area contributed by atoms with Crippen LogP contribution in [-0.2, 0) is 27.9 Å². The van der Waals surface area contributed by atoms with Crippen molar-refractivity contribution in [1.82, 2.24) is 0 Å². The molecule has 0 spiro atoms. The maximum Gasteiger partial charge on any atom is 0.472 e. The third-order valence-electron chi connectivity index (χ3n) is 8.42. The van der Waals surface area contributed by atoms with E-state index >= 15 is 0 Å². The number of ether oxygens (including phenoxy) is 2. The van der Waals surface area contributed by atoms with Crippen molar-refractivity contribution < 1.29 is 37.3 Å². The smallest absolute Gasteiger partial charge is 0.457 e. The molecule has 276 valence electrons. The van der Waals surface area contributed by atoms with Gasteiger partial charge in [-0.2, -0.15) is 0 Å². The van der Waals surface area contributed by atoms with Crippen LogP contribution in [0.5, 0.6) is 0 Å². The zero-order valence-electron chi connectivity index (χ0n) is 31.1. The van der Waals surface area contributed by atoms with Crippen LogP contribution in [-0.4, -0.2) is 75.6 Å². The average Bonchev–Trinajstić information content (AvgIpc) is 3.00. The van der Waals surface area contributed by atoms with E-state index in [2.05, 4.69) is 6.92 Å². The molecule has 0 rings (SSSR count). The Bertz CT molecular complexity index is 716. The van der Waals surface area contributed by atoms with Gasteiger partial charge in [0.15, 0.2) is 0 Å². The Kier molecular flexibility index (Phi) is 31.4. The number of phosphoric ester groups is 1. The summed E-state index contributed by atoms with van der Waals surface area (Å²) in [5, 5.41) is 0. The Morgan fingerprint density at radius 2 is 1.00 bits per heavy atom. The minimum absolute atomic E-state index is 0.0915. The van der Waals surface area contributed by atoms with Gasteiger partial charge in [-0.25, -0.2) is 4.57 Å². The van der Waals surface area contributed by atoms with E-state index < -0.39 is 13.9 Å². The van der Waals surface area contributed by atoms with Gasteiger partial charge in [-0.15, -0.1) is 0 Å². The molecule has 0 aromatic rings. The Balaban J connectivity index is 3.76. The maximum atomic E-state index is 12.3. The molecule has 2 atom stereocenters. The van der Waals surface area contributed by atoms with E-state index in [9.17, 15) is 14.3 Å². The van der Waals surface area contributed by atoms with Crippen LogP contribution in [0.4, 0.5) is 0 Å². The zero-order valence-corrected chi connectivity index (χ0v) is 32.0. The van der Waals surface area contributed by atoms with Crippen molar-refractivity contribution in [2.24, 2.45) is 0 Å². The van der Waals surface area contributed by atoms with Gasteiger partial charge >= 0.3 is 13.8 Å². The number of carbonyl (C=O) groups is 1. The van der Waals surface area contributed by atoms with E-state index in [1.54, 1.807) is 0 Å². The first-order chi connectivity index (χ1) is 22.1. The largest absolute Gasteiger partial charge is 0.472 e. The van der Waals surface area contributed by atoms with Crippen LogP contribution in [0.3, 0.4) is 0 Å². The van der Waals surface area contributed by atoms with Gasteiger partial charge in [0.1, 0.15) is 19.3 Å². The lowest BCUT2D eigenvalue weighted by Gasteiger charge is -2.24. The Morgan fingerprint density at radius 3 is 1.41 bits per heavy atom. The first-order valence-electron chi connectivity index (χ1n) is 19.3. The van der Waals surface area contributed by atoms with Crippen LogP contribution in [0, 0.1) is 0 Å². The molecule has 0 aliphatic carbocycles. The van der Waals surface area contributed by atoms with Crippen LogP contribution in [0.2, 0.25) is 0 Å². The molecule has 0 saturated heterocycles. The van der Waals surface area contributed by atoms with E-state index in [4.69, 9.17) is 18.5 Å². The molecule has 0 bridgehead atoms. The lowest BCUT2D eigenvalue weighted by molar-refractivity contribution is -0.870. The standard InChI is InChI=1S/C37H76NO7P/c1-6-8-10-11-12-13-14-15-16-17-18-19-20-21-22-23-24-25-26-27-28-29-32-42-34-36(45-37(39)30-9-7-2)35-44-46(40,41)43-33-31-38(3,4)5/h36H,6-35H2,1-5H3/p+1. The van der Waals surface area contributed by atoms with Crippen LogP contribution in [0.15, 0.2) is 0 Å². The summed E-state index contributed by atoms with van der Waals surface area (Å²) in [5.74, 6) is -0.345. The molecule has 0 amide bonds. The van der Waals surface area contributed by atoms with E-state index in [0.29, 0.717) is 24.1 Å². The van der Waals surface area contributed by atoms with Crippen molar-refractivity contribution in [3.63, 3.8) is 0 Å². The number of hydrogen-bond donors (Lipinski definition) is 1. The van der Waals surface area contributed by atoms with Gasteiger partial charge in [0.25, 0.3) is 0 Å². The SMILES string of the molecule is CCCCCCCCCCCCCCCCCCCCCCCCOCC(COP(=O)(O)OCC[N+](C)(C)C)OC(=O)CCCC. The summed E-state index contributed by atoms with van der Waals surface area (Å²) in [6.45, 7) is 5.41. The summed E-state index contributed by atoms with van der Waals surface area (Å²) >= 11 is 0. The molecule has 0 aliphatic heterocycles. The number of esters is 1. The van der Waals surface area contributed by atoms with Crippen LogP contribution < -0.4 is 0 Å². The number of likely N-dealkylation sites (N-methyl/N-ethyl adjacent to an activating group) is 1. The Labute approximate surface area is 285 Å². The highest BCUT2D eigenvalue weighted by atomic mass is 31.2. The van der Waals surface area contributed by atoms with Gasteiger partial charge in [-0.1, -0.05) is 155 Å². The highest BCUT2D eigenvalue weighted by molar-refractivity contribution is 7.47. The van der Waals surface area contributed by atoms with Crippen molar-refractivity contribution in [3.8, 4) is 0 Å². The third-order valence-corrected chi connectivity index (χ3v) is 9.40. The first kappa shape index (κ1) is 45.5. The molecule has 9 heteroatoms. The van der Waals surface area contributed by atoms with Crippen LogP contribution in [0.1, 0.15) is 174 Å². The predicted octanol–water partition coefficient (Wildman–Crippen LogP) is 10.5. The molecule has 0 radical (unpaired) electrons. The normalized spacial score (nSPS) is 14.0. The predicted molar refractivity (Wildman–Crippen MR) is 192 cm³/mol. The van der Waals surface area contributed by atoms with E-state index in [0.717, 1.165) is 25.7 Å². The maximum absolute atomic E-state index is 12.3. The molecule has 46 heavy (non-hydrogen) atoms. The highest BCUT2D eigenvalue weighted by Crippen LogP contribution is 2.43. The number of rotatable bonds is 36. The van der Waals surface area contributed by atoms with E-state index in [1.807, 2.05) is 28.1 Å².